The van der Waals surface area contributed by atoms with Crippen molar-refractivity contribution < 1.29 is 9.47 Å². The summed E-state index contributed by atoms with van der Waals surface area (Å²) in [7, 11) is 0. The number of thiocarbonyl (C=S) groups is 1. The lowest BCUT2D eigenvalue weighted by atomic mass is 9.98. The van der Waals surface area contributed by atoms with E-state index in [0.29, 0.717) is 11.4 Å². The maximum Gasteiger partial charge on any atom is 0.231 e. The highest BCUT2D eigenvalue weighted by molar-refractivity contribution is 7.80. The van der Waals surface area contributed by atoms with Gasteiger partial charge in [-0.1, -0.05) is 29.8 Å². The van der Waals surface area contributed by atoms with Gasteiger partial charge in [-0.15, -0.1) is 0 Å². The molecule has 0 bridgehead atoms. The first kappa shape index (κ1) is 15.2. The lowest BCUT2D eigenvalue weighted by Crippen LogP contribution is -2.31. The molecular formula is C17H14ClN3O2S. The molecule has 2 aliphatic heterocycles. The van der Waals surface area contributed by atoms with Crippen LogP contribution in [0.25, 0.3) is 0 Å². The number of benzene rings is 2. The summed E-state index contributed by atoms with van der Waals surface area (Å²) in [6.07, 6.45) is 0.693. The fourth-order valence-electron chi connectivity index (χ4n) is 2.91. The van der Waals surface area contributed by atoms with Crippen molar-refractivity contribution in [3.05, 3.63) is 58.6 Å². The highest BCUT2D eigenvalue weighted by Crippen LogP contribution is 2.39. The van der Waals surface area contributed by atoms with E-state index < -0.39 is 0 Å². The average molecular weight is 360 g/mol. The van der Waals surface area contributed by atoms with Gasteiger partial charge in [0, 0.05) is 11.4 Å². The van der Waals surface area contributed by atoms with E-state index in [1.165, 1.54) is 0 Å². The Morgan fingerprint density at radius 2 is 1.92 bits per heavy atom. The van der Waals surface area contributed by atoms with Gasteiger partial charge in [0.25, 0.3) is 0 Å². The Morgan fingerprint density at radius 1 is 1.17 bits per heavy atom. The molecule has 1 atom stereocenters. The summed E-state index contributed by atoms with van der Waals surface area (Å²) < 4.78 is 10.8. The zero-order valence-corrected chi connectivity index (χ0v) is 14.2. The summed E-state index contributed by atoms with van der Waals surface area (Å²) in [5.41, 5.74) is 8.83. The third-order valence-electron chi connectivity index (χ3n) is 4.10. The molecule has 0 aliphatic carbocycles. The first-order chi connectivity index (χ1) is 11.6. The molecule has 4 rings (SSSR count). The SMILES string of the molecule is NC(=S)N1N=C(c2ccc(Cl)cc2)CC1c1ccc2c(c1)OCO2. The van der Waals surface area contributed by atoms with Crippen molar-refractivity contribution >= 4 is 34.6 Å². The van der Waals surface area contributed by atoms with E-state index in [0.717, 1.165) is 28.3 Å². The predicted octanol–water partition coefficient (Wildman–Crippen LogP) is 3.46. The third kappa shape index (κ3) is 2.68. The van der Waals surface area contributed by atoms with E-state index in [1.54, 1.807) is 5.01 Å². The monoisotopic (exact) mass is 359 g/mol. The van der Waals surface area contributed by atoms with Gasteiger partial charge >= 0.3 is 0 Å². The summed E-state index contributed by atoms with van der Waals surface area (Å²) in [4.78, 5) is 0. The molecule has 0 radical (unpaired) electrons. The molecule has 0 saturated carbocycles. The van der Waals surface area contributed by atoms with Crippen LogP contribution in [0.1, 0.15) is 23.6 Å². The summed E-state index contributed by atoms with van der Waals surface area (Å²) >= 11 is 11.1. The number of ether oxygens (including phenoxy) is 2. The first-order valence-electron chi connectivity index (χ1n) is 7.43. The summed E-state index contributed by atoms with van der Waals surface area (Å²) in [6.45, 7) is 0.245. The van der Waals surface area contributed by atoms with Crippen molar-refractivity contribution in [3.8, 4) is 11.5 Å². The molecule has 2 aromatic carbocycles. The van der Waals surface area contributed by atoms with Gasteiger partial charge in [-0.2, -0.15) is 5.10 Å². The minimum atomic E-state index is -0.0670. The second-order valence-electron chi connectivity index (χ2n) is 5.57. The number of halogens is 1. The van der Waals surface area contributed by atoms with Gasteiger partial charge in [0.2, 0.25) is 6.79 Å². The van der Waals surface area contributed by atoms with E-state index in [2.05, 4.69) is 5.10 Å². The zero-order valence-electron chi connectivity index (χ0n) is 12.6. The third-order valence-corrected chi connectivity index (χ3v) is 4.53. The Morgan fingerprint density at radius 3 is 2.67 bits per heavy atom. The highest BCUT2D eigenvalue weighted by Gasteiger charge is 2.31. The van der Waals surface area contributed by atoms with E-state index in [4.69, 9.17) is 39.0 Å². The topological polar surface area (TPSA) is 60.1 Å². The first-order valence-corrected chi connectivity index (χ1v) is 8.22. The second-order valence-corrected chi connectivity index (χ2v) is 6.42. The summed E-state index contributed by atoms with van der Waals surface area (Å²) in [5, 5.41) is 7.21. The zero-order chi connectivity index (χ0) is 16.7. The minimum Gasteiger partial charge on any atom is -0.454 e. The van der Waals surface area contributed by atoms with Crippen LogP contribution in [-0.2, 0) is 0 Å². The van der Waals surface area contributed by atoms with Gasteiger partial charge in [0.15, 0.2) is 16.6 Å². The van der Waals surface area contributed by atoms with Crippen molar-refractivity contribution in [1.29, 1.82) is 0 Å². The number of nitrogens with zero attached hydrogens (tertiary/aromatic N) is 2. The molecule has 0 amide bonds. The van der Waals surface area contributed by atoms with E-state index in [1.807, 2.05) is 42.5 Å². The smallest absolute Gasteiger partial charge is 0.231 e. The van der Waals surface area contributed by atoms with Gasteiger partial charge in [0.05, 0.1) is 11.8 Å². The lowest BCUT2D eigenvalue weighted by molar-refractivity contribution is 0.174. The number of rotatable bonds is 2. The van der Waals surface area contributed by atoms with Crippen LogP contribution in [0, 0.1) is 0 Å². The van der Waals surface area contributed by atoms with Crippen LogP contribution in [-0.4, -0.2) is 22.6 Å². The van der Waals surface area contributed by atoms with Crippen molar-refractivity contribution in [2.24, 2.45) is 10.8 Å². The number of nitrogens with two attached hydrogens (primary N) is 1. The molecule has 2 heterocycles. The quantitative estimate of drug-likeness (QED) is 0.832. The van der Waals surface area contributed by atoms with Crippen LogP contribution in [0.5, 0.6) is 11.5 Å². The number of hydrogen-bond donors (Lipinski definition) is 1. The number of hydrazone groups is 1. The van der Waals surface area contributed by atoms with Crippen molar-refractivity contribution in [2.75, 3.05) is 6.79 Å². The Balaban J connectivity index is 1.67. The molecule has 5 nitrogen and oxygen atoms in total. The van der Waals surface area contributed by atoms with Crippen LogP contribution in [0.15, 0.2) is 47.6 Å². The Hall–Kier alpha value is -2.31. The fraction of sp³-hybridized carbons (Fsp3) is 0.176. The molecule has 2 aromatic rings. The fourth-order valence-corrected chi connectivity index (χ4v) is 3.20. The highest BCUT2D eigenvalue weighted by atomic mass is 35.5. The maximum absolute atomic E-state index is 5.96. The Labute approximate surface area is 149 Å². The average Bonchev–Trinajstić information content (AvgIpc) is 3.21. The van der Waals surface area contributed by atoms with Crippen LogP contribution >= 0.6 is 23.8 Å². The molecular weight excluding hydrogens is 346 g/mol. The molecule has 122 valence electrons. The van der Waals surface area contributed by atoms with Gasteiger partial charge in [0.1, 0.15) is 0 Å². The lowest BCUT2D eigenvalue weighted by Gasteiger charge is -2.22. The molecule has 0 saturated heterocycles. The maximum atomic E-state index is 5.96. The van der Waals surface area contributed by atoms with Gasteiger partial charge < -0.3 is 15.2 Å². The molecule has 0 fully saturated rings. The number of hydrogen-bond acceptors (Lipinski definition) is 4. The molecule has 2 N–H and O–H groups in total. The van der Waals surface area contributed by atoms with Crippen molar-refractivity contribution in [3.63, 3.8) is 0 Å². The second kappa shape index (κ2) is 5.96. The summed E-state index contributed by atoms with van der Waals surface area (Å²) in [5.74, 6) is 1.48. The standard InChI is InChI=1S/C17H14ClN3O2S/c18-12-4-1-10(2-5-12)13-8-14(21(20-13)17(19)24)11-3-6-15-16(7-11)23-9-22-15/h1-7,14H,8-9H2,(H2,19,24). The molecule has 0 spiro atoms. The van der Waals surface area contributed by atoms with E-state index in [-0.39, 0.29) is 17.9 Å². The molecule has 2 aliphatic rings. The summed E-state index contributed by atoms with van der Waals surface area (Å²) in [6, 6.07) is 13.4. The normalized spacial score (nSPS) is 18.6. The van der Waals surface area contributed by atoms with Gasteiger partial charge in [-0.3, -0.25) is 0 Å². The van der Waals surface area contributed by atoms with Crippen LogP contribution in [0.2, 0.25) is 5.02 Å². The van der Waals surface area contributed by atoms with E-state index >= 15 is 0 Å². The van der Waals surface area contributed by atoms with Crippen molar-refractivity contribution in [1.82, 2.24) is 5.01 Å². The predicted molar refractivity (Wildman–Crippen MR) is 96.5 cm³/mol. The van der Waals surface area contributed by atoms with Gasteiger partial charge in [-0.05, 0) is 47.6 Å². The molecule has 7 heteroatoms. The van der Waals surface area contributed by atoms with Crippen LogP contribution in [0.4, 0.5) is 0 Å². The van der Waals surface area contributed by atoms with Crippen LogP contribution < -0.4 is 15.2 Å². The largest absolute Gasteiger partial charge is 0.454 e. The van der Waals surface area contributed by atoms with Gasteiger partial charge in [-0.25, -0.2) is 5.01 Å². The van der Waals surface area contributed by atoms with Crippen LogP contribution in [0.3, 0.4) is 0 Å². The number of fused-ring (bicyclic) bond motifs is 1. The Bertz CT molecular complexity index is 838. The Kier molecular flexibility index (Phi) is 3.78. The van der Waals surface area contributed by atoms with E-state index in [9.17, 15) is 0 Å². The van der Waals surface area contributed by atoms with Crippen molar-refractivity contribution in [2.45, 2.75) is 12.5 Å². The molecule has 24 heavy (non-hydrogen) atoms. The molecule has 1 unspecified atom stereocenters. The minimum absolute atomic E-state index is 0.0670. The molecule has 0 aromatic heterocycles.